The molecule has 0 N–H and O–H groups in total. The van der Waals surface area contributed by atoms with E-state index in [-0.39, 0.29) is 5.92 Å². The van der Waals surface area contributed by atoms with Crippen LogP contribution in [0.5, 0.6) is 0 Å². The van der Waals surface area contributed by atoms with Crippen molar-refractivity contribution in [2.45, 2.75) is 25.2 Å². The maximum atomic E-state index is 11.7. The van der Waals surface area contributed by atoms with Crippen LogP contribution in [0.4, 0.5) is 0 Å². The number of hydrogen-bond acceptors (Lipinski definition) is 2. The quantitative estimate of drug-likeness (QED) is 0.771. The van der Waals surface area contributed by atoms with Crippen LogP contribution in [0.25, 0.3) is 0 Å². The molecule has 0 saturated heterocycles. The highest BCUT2D eigenvalue weighted by atomic mass is 32.2. The summed E-state index contributed by atoms with van der Waals surface area (Å²) in [6, 6.07) is 7.01. The smallest absolute Gasteiger partial charge is 0.199 e. The topological polar surface area (TPSA) is 46.5 Å². The van der Waals surface area contributed by atoms with E-state index < -0.39 is 10.0 Å². The minimum atomic E-state index is -3.42. The van der Waals surface area contributed by atoms with Gasteiger partial charge in [-0.1, -0.05) is 32.0 Å². The number of fused-ring (bicyclic) bond motifs is 1. The van der Waals surface area contributed by atoms with E-state index in [1.807, 2.05) is 26.0 Å². The average Bonchev–Trinajstić information content (AvgIpc) is 2.51. The highest BCUT2D eigenvalue weighted by Gasteiger charge is 2.30. The van der Waals surface area contributed by atoms with Crippen molar-refractivity contribution in [3.63, 3.8) is 0 Å². The summed E-state index contributed by atoms with van der Waals surface area (Å²) in [6.07, 6.45) is 0.892. The Morgan fingerprint density at radius 2 is 2.00 bits per heavy atom. The van der Waals surface area contributed by atoms with Gasteiger partial charge in [-0.2, -0.15) is 12.8 Å². The van der Waals surface area contributed by atoms with Crippen LogP contribution in [0.1, 0.15) is 25.8 Å². The molecule has 0 saturated carbocycles. The first-order valence-electron chi connectivity index (χ1n) is 5.00. The fourth-order valence-corrected chi connectivity index (χ4v) is 3.02. The monoisotopic (exact) mass is 223 g/mol. The maximum Gasteiger partial charge on any atom is 0.283 e. The van der Waals surface area contributed by atoms with Crippen LogP contribution < -0.4 is 0 Å². The first kappa shape index (κ1) is 10.4. The van der Waals surface area contributed by atoms with Crippen molar-refractivity contribution < 1.29 is 8.42 Å². The summed E-state index contributed by atoms with van der Waals surface area (Å²) in [4.78, 5) is 0.348. The lowest BCUT2D eigenvalue weighted by atomic mass is 9.96. The standard InChI is InChI=1S/C11H13NO2S/c1-3-8(2)11-9-6-4-5-7-10(9)15(13,14)12-11/h4-8H,3H2,1-2H3. The third kappa shape index (κ3) is 1.59. The highest BCUT2D eigenvalue weighted by Crippen LogP contribution is 2.29. The lowest BCUT2D eigenvalue weighted by Gasteiger charge is -2.07. The van der Waals surface area contributed by atoms with Crippen molar-refractivity contribution in [3.05, 3.63) is 29.8 Å². The predicted octanol–water partition coefficient (Wildman–Crippen LogP) is 2.22. The molecule has 0 aliphatic carbocycles. The molecule has 0 fully saturated rings. The molecule has 2 rings (SSSR count). The van der Waals surface area contributed by atoms with Crippen LogP contribution in [-0.4, -0.2) is 14.1 Å². The van der Waals surface area contributed by atoms with E-state index in [4.69, 9.17) is 0 Å². The first-order chi connectivity index (χ1) is 7.06. The third-order valence-corrected chi connectivity index (χ3v) is 4.09. The maximum absolute atomic E-state index is 11.7. The molecule has 1 aromatic carbocycles. The summed E-state index contributed by atoms with van der Waals surface area (Å²) in [5.41, 5.74) is 1.47. The lowest BCUT2D eigenvalue weighted by Crippen LogP contribution is -2.09. The van der Waals surface area contributed by atoms with E-state index in [0.29, 0.717) is 10.6 Å². The number of hydrogen-bond donors (Lipinski definition) is 0. The lowest BCUT2D eigenvalue weighted by molar-refractivity contribution is 0.599. The minimum Gasteiger partial charge on any atom is -0.199 e. The van der Waals surface area contributed by atoms with Gasteiger partial charge < -0.3 is 0 Å². The molecule has 0 amide bonds. The van der Waals surface area contributed by atoms with Crippen LogP contribution >= 0.6 is 0 Å². The zero-order valence-electron chi connectivity index (χ0n) is 8.77. The molecule has 3 nitrogen and oxygen atoms in total. The number of benzene rings is 1. The van der Waals surface area contributed by atoms with Gasteiger partial charge in [-0.05, 0) is 18.4 Å². The van der Waals surface area contributed by atoms with Gasteiger partial charge in [-0.3, -0.25) is 0 Å². The molecule has 15 heavy (non-hydrogen) atoms. The summed E-state index contributed by atoms with van der Waals surface area (Å²) in [7, 11) is -3.42. The molecular formula is C11H13NO2S. The summed E-state index contributed by atoms with van der Waals surface area (Å²) in [5, 5.41) is 0. The second-order valence-electron chi connectivity index (χ2n) is 3.76. The second-order valence-corrected chi connectivity index (χ2v) is 5.33. The van der Waals surface area contributed by atoms with Crippen molar-refractivity contribution >= 4 is 15.7 Å². The van der Waals surface area contributed by atoms with E-state index in [1.54, 1.807) is 12.1 Å². The number of nitrogens with zero attached hydrogens (tertiary/aromatic N) is 1. The molecule has 0 radical (unpaired) electrons. The van der Waals surface area contributed by atoms with Crippen LogP contribution in [0.15, 0.2) is 33.6 Å². The molecular weight excluding hydrogens is 210 g/mol. The van der Waals surface area contributed by atoms with Gasteiger partial charge in [0.15, 0.2) is 0 Å². The van der Waals surface area contributed by atoms with E-state index in [9.17, 15) is 8.42 Å². The Labute approximate surface area is 89.9 Å². The molecule has 0 bridgehead atoms. The molecule has 0 aromatic heterocycles. The van der Waals surface area contributed by atoms with Gasteiger partial charge in [0.25, 0.3) is 10.0 Å². The molecule has 1 aromatic rings. The van der Waals surface area contributed by atoms with Crippen LogP contribution in [0.2, 0.25) is 0 Å². The van der Waals surface area contributed by atoms with Crippen molar-refractivity contribution in [1.82, 2.24) is 0 Å². The molecule has 80 valence electrons. The van der Waals surface area contributed by atoms with Crippen molar-refractivity contribution in [3.8, 4) is 0 Å². The number of rotatable bonds is 2. The summed E-state index contributed by atoms with van der Waals surface area (Å²) in [5.74, 6) is 0.184. The van der Waals surface area contributed by atoms with Gasteiger partial charge in [0, 0.05) is 5.56 Å². The van der Waals surface area contributed by atoms with Gasteiger partial charge in [0.05, 0.1) is 10.6 Å². The minimum absolute atomic E-state index is 0.184. The molecule has 1 atom stereocenters. The molecule has 1 heterocycles. The average molecular weight is 223 g/mol. The Balaban J connectivity index is 2.63. The molecule has 1 aliphatic rings. The van der Waals surface area contributed by atoms with Crippen LogP contribution in [-0.2, 0) is 10.0 Å². The van der Waals surface area contributed by atoms with E-state index in [0.717, 1.165) is 12.0 Å². The van der Waals surface area contributed by atoms with E-state index in [2.05, 4.69) is 4.40 Å². The fourth-order valence-electron chi connectivity index (χ4n) is 1.68. The molecule has 0 spiro atoms. The Bertz CT molecular complexity index is 517. The largest absolute Gasteiger partial charge is 0.283 e. The predicted molar refractivity (Wildman–Crippen MR) is 59.6 cm³/mol. The van der Waals surface area contributed by atoms with Gasteiger partial charge in [0.2, 0.25) is 0 Å². The van der Waals surface area contributed by atoms with Crippen molar-refractivity contribution in [1.29, 1.82) is 0 Å². The zero-order valence-corrected chi connectivity index (χ0v) is 9.58. The van der Waals surface area contributed by atoms with Gasteiger partial charge in [-0.25, -0.2) is 0 Å². The Morgan fingerprint density at radius 3 is 2.67 bits per heavy atom. The van der Waals surface area contributed by atoms with E-state index in [1.165, 1.54) is 0 Å². The SMILES string of the molecule is CCC(C)C1=NS(=O)(=O)c2ccccc21. The Kier molecular flexibility index (Phi) is 2.38. The molecule has 1 unspecified atom stereocenters. The second kappa shape index (κ2) is 3.45. The Hall–Kier alpha value is -1.16. The van der Waals surface area contributed by atoms with Crippen molar-refractivity contribution in [2.75, 3.05) is 0 Å². The summed E-state index contributed by atoms with van der Waals surface area (Å²) < 4.78 is 27.2. The Morgan fingerprint density at radius 1 is 1.33 bits per heavy atom. The van der Waals surface area contributed by atoms with Crippen LogP contribution in [0, 0.1) is 5.92 Å². The highest BCUT2D eigenvalue weighted by molar-refractivity contribution is 7.90. The third-order valence-electron chi connectivity index (χ3n) is 2.74. The first-order valence-corrected chi connectivity index (χ1v) is 6.44. The fraction of sp³-hybridized carbons (Fsp3) is 0.364. The zero-order chi connectivity index (χ0) is 11.1. The molecule has 4 heteroatoms. The van der Waals surface area contributed by atoms with Gasteiger partial charge in [0.1, 0.15) is 0 Å². The van der Waals surface area contributed by atoms with Crippen molar-refractivity contribution in [2.24, 2.45) is 10.3 Å². The summed E-state index contributed by atoms with van der Waals surface area (Å²) in [6.45, 7) is 4.02. The van der Waals surface area contributed by atoms with E-state index >= 15 is 0 Å². The molecule has 1 aliphatic heterocycles. The van der Waals surface area contributed by atoms with Gasteiger partial charge >= 0.3 is 0 Å². The van der Waals surface area contributed by atoms with Gasteiger partial charge in [-0.15, -0.1) is 0 Å². The normalized spacial score (nSPS) is 19.5. The number of sulfonamides is 1. The summed E-state index contributed by atoms with van der Waals surface area (Å²) >= 11 is 0. The van der Waals surface area contributed by atoms with Crippen LogP contribution in [0.3, 0.4) is 0 Å².